The summed E-state index contributed by atoms with van der Waals surface area (Å²) >= 11 is 6.07. The van der Waals surface area contributed by atoms with Crippen LogP contribution in [0, 0.1) is 5.92 Å². The van der Waals surface area contributed by atoms with E-state index in [2.05, 4.69) is 20.8 Å². The van der Waals surface area contributed by atoms with Crippen molar-refractivity contribution in [3.05, 3.63) is 35.2 Å². The number of hydrogen-bond acceptors (Lipinski definition) is 6. The zero-order valence-electron chi connectivity index (χ0n) is 13.2. The molecule has 0 spiro atoms. The molecule has 1 aromatic heterocycles. The van der Waals surface area contributed by atoms with Gasteiger partial charge in [-0.2, -0.15) is 4.98 Å². The van der Waals surface area contributed by atoms with E-state index in [-0.39, 0.29) is 29.9 Å². The number of halogens is 1. The van der Waals surface area contributed by atoms with Gasteiger partial charge in [-0.15, -0.1) is 0 Å². The topological polar surface area (TPSA) is 114 Å². The van der Waals surface area contributed by atoms with Crippen molar-refractivity contribution in [2.75, 3.05) is 18.1 Å². The van der Waals surface area contributed by atoms with Crippen molar-refractivity contribution < 1.29 is 17.7 Å². The average molecular weight is 385 g/mol. The summed E-state index contributed by atoms with van der Waals surface area (Å²) in [4.78, 5) is 16.0. The number of urea groups is 1. The van der Waals surface area contributed by atoms with Crippen molar-refractivity contribution in [3.63, 3.8) is 0 Å². The quantitative estimate of drug-likeness (QED) is 0.809. The van der Waals surface area contributed by atoms with Gasteiger partial charge in [-0.25, -0.2) is 13.2 Å². The summed E-state index contributed by atoms with van der Waals surface area (Å²) in [5.74, 6) is 0.866. The molecule has 1 fully saturated rings. The largest absolute Gasteiger partial charge is 0.338 e. The lowest BCUT2D eigenvalue weighted by molar-refractivity contribution is 0.237. The number of hydrogen-bond donors (Lipinski definition) is 2. The molecule has 8 nitrogen and oxygen atoms in total. The van der Waals surface area contributed by atoms with E-state index in [1.165, 1.54) is 0 Å². The van der Waals surface area contributed by atoms with Crippen LogP contribution in [0.4, 0.5) is 4.79 Å². The Morgan fingerprint density at radius 2 is 2.12 bits per heavy atom. The number of carbonyl (C=O) groups is 1. The zero-order valence-corrected chi connectivity index (χ0v) is 14.8. The predicted octanol–water partition coefficient (Wildman–Crippen LogP) is 1.62. The molecule has 2 N–H and O–H groups in total. The number of carbonyl (C=O) groups excluding carboxylic acids is 1. The van der Waals surface area contributed by atoms with Crippen LogP contribution in [0.5, 0.6) is 0 Å². The van der Waals surface area contributed by atoms with Crippen LogP contribution in [0.2, 0.25) is 5.02 Å². The van der Waals surface area contributed by atoms with Crippen molar-refractivity contribution in [2.24, 2.45) is 5.92 Å². The first-order chi connectivity index (χ1) is 11.9. The number of benzene rings is 1. The number of sulfone groups is 1. The Bertz CT molecular complexity index is 868. The van der Waals surface area contributed by atoms with Crippen LogP contribution in [-0.2, 0) is 16.4 Å². The second kappa shape index (κ2) is 7.40. The maximum atomic E-state index is 11.8. The standard InChI is InChI=1S/C15H17ClN4O4S/c16-12-4-2-1-3-11(12)14-19-13(24-20-14)8-18-15(21)17-7-10-5-6-25(22,23)9-10/h1-4,10H,5-9H2,(H2,17,18,21). The molecule has 1 atom stereocenters. The number of nitrogens with zero attached hydrogens (tertiary/aromatic N) is 2. The van der Waals surface area contributed by atoms with E-state index >= 15 is 0 Å². The van der Waals surface area contributed by atoms with Crippen LogP contribution < -0.4 is 10.6 Å². The van der Waals surface area contributed by atoms with Crippen LogP contribution in [0.25, 0.3) is 11.4 Å². The van der Waals surface area contributed by atoms with E-state index in [1.54, 1.807) is 18.2 Å². The first kappa shape index (κ1) is 17.7. The Kier molecular flexibility index (Phi) is 5.24. The molecule has 0 bridgehead atoms. The molecule has 1 saturated heterocycles. The molecule has 2 heterocycles. The molecule has 1 unspecified atom stereocenters. The van der Waals surface area contributed by atoms with Gasteiger partial charge in [-0.1, -0.05) is 28.9 Å². The van der Waals surface area contributed by atoms with Crippen LogP contribution in [0.1, 0.15) is 12.3 Å². The third kappa shape index (κ3) is 4.70. The maximum Gasteiger partial charge on any atom is 0.315 e. The molecular formula is C15H17ClN4O4S. The number of rotatable bonds is 5. The molecule has 25 heavy (non-hydrogen) atoms. The Balaban J connectivity index is 1.47. The van der Waals surface area contributed by atoms with Gasteiger partial charge in [0.15, 0.2) is 9.84 Å². The monoisotopic (exact) mass is 384 g/mol. The molecule has 2 aromatic rings. The van der Waals surface area contributed by atoms with E-state index in [1.807, 2.05) is 6.07 Å². The van der Waals surface area contributed by atoms with E-state index < -0.39 is 15.9 Å². The molecule has 0 radical (unpaired) electrons. The van der Waals surface area contributed by atoms with Crippen molar-refractivity contribution in [2.45, 2.75) is 13.0 Å². The third-order valence-corrected chi connectivity index (χ3v) is 6.03. The minimum atomic E-state index is -2.94. The Labute approximate surface area is 149 Å². The zero-order chi connectivity index (χ0) is 17.9. The molecule has 1 aromatic carbocycles. The minimum Gasteiger partial charge on any atom is -0.338 e. The van der Waals surface area contributed by atoms with Gasteiger partial charge in [0.25, 0.3) is 0 Å². The third-order valence-electron chi connectivity index (χ3n) is 3.86. The Morgan fingerprint density at radius 3 is 2.84 bits per heavy atom. The lowest BCUT2D eigenvalue weighted by atomic mass is 10.1. The summed E-state index contributed by atoms with van der Waals surface area (Å²) in [5.41, 5.74) is 0.645. The van der Waals surface area contributed by atoms with Crippen LogP contribution in [-0.4, -0.2) is 42.6 Å². The maximum absolute atomic E-state index is 11.8. The Hall–Kier alpha value is -2.13. The van der Waals surface area contributed by atoms with E-state index in [0.717, 1.165) is 0 Å². The normalized spacial score (nSPS) is 18.8. The molecule has 3 rings (SSSR count). The van der Waals surface area contributed by atoms with E-state index in [4.69, 9.17) is 16.1 Å². The summed E-state index contributed by atoms with van der Waals surface area (Å²) in [6.07, 6.45) is 0.577. The highest BCUT2D eigenvalue weighted by atomic mass is 35.5. The highest BCUT2D eigenvalue weighted by Gasteiger charge is 2.27. The summed E-state index contributed by atoms with van der Waals surface area (Å²) in [6, 6.07) is 6.69. The summed E-state index contributed by atoms with van der Waals surface area (Å²) in [6.45, 7) is 0.381. The molecule has 1 aliphatic heterocycles. The Morgan fingerprint density at radius 1 is 1.32 bits per heavy atom. The predicted molar refractivity (Wildman–Crippen MR) is 91.7 cm³/mol. The van der Waals surface area contributed by atoms with Crippen LogP contribution in [0.3, 0.4) is 0 Å². The van der Waals surface area contributed by atoms with Gasteiger partial charge in [-0.05, 0) is 24.5 Å². The molecule has 1 aliphatic rings. The number of nitrogens with one attached hydrogen (secondary N) is 2. The fourth-order valence-corrected chi connectivity index (χ4v) is 4.65. The van der Waals surface area contributed by atoms with Gasteiger partial charge >= 0.3 is 6.03 Å². The smallest absolute Gasteiger partial charge is 0.315 e. The molecule has 134 valence electrons. The molecule has 2 amide bonds. The molecule has 10 heteroatoms. The molecule has 0 saturated carbocycles. The lowest BCUT2D eigenvalue weighted by Gasteiger charge is -2.09. The number of aromatic nitrogens is 2. The lowest BCUT2D eigenvalue weighted by Crippen LogP contribution is -2.38. The highest BCUT2D eigenvalue weighted by molar-refractivity contribution is 7.91. The second-order valence-electron chi connectivity index (χ2n) is 5.82. The van der Waals surface area contributed by atoms with E-state index in [0.29, 0.717) is 29.4 Å². The fourth-order valence-electron chi connectivity index (χ4n) is 2.57. The van der Waals surface area contributed by atoms with Crippen LogP contribution >= 0.6 is 11.6 Å². The fraction of sp³-hybridized carbons (Fsp3) is 0.400. The summed E-state index contributed by atoms with van der Waals surface area (Å²) < 4.78 is 27.8. The van der Waals surface area contributed by atoms with Crippen LogP contribution in [0.15, 0.2) is 28.8 Å². The second-order valence-corrected chi connectivity index (χ2v) is 8.46. The first-order valence-corrected chi connectivity index (χ1v) is 9.92. The van der Waals surface area contributed by atoms with E-state index in [9.17, 15) is 13.2 Å². The minimum absolute atomic E-state index is 0.0361. The van der Waals surface area contributed by atoms with Gasteiger partial charge in [0.1, 0.15) is 0 Å². The average Bonchev–Trinajstić information content (AvgIpc) is 3.17. The van der Waals surface area contributed by atoms with Crippen molar-refractivity contribution in [3.8, 4) is 11.4 Å². The van der Waals surface area contributed by atoms with Gasteiger partial charge in [0.05, 0.1) is 23.1 Å². The van der Waals surface area contributed by atoms with Crippen molar-refractivity contribution in [1.29, 1.82) is 0 Å². The molecular weight excluding hydrogens is 368 g/mol. The molecule has 0 aliphatic carbocycles. The first-order valence-electron chi connectivity index (χ1n) is 7.72. The summed E-state index contributed by atoms with van der Waals surface area (Å²) in [7, 11) is -2.94. The number of amides is 2. The van der Waals surface area contributed by atoms with Crippen molar-refractivity contribution in [1.82, 2.24) is 20.8 Å². The highest BCUT2D eigenvalue weighted by Crippen LogP contribution is 2.24. The van der Waals surface area contributed by atoms with Crippen molar-refractivity contribution >= 4 is 27.5 Å². The SMILES string of the molecule is O=C(NCc1nc(-c2ccccc2Cl)no1)NCC1CCS(=O)(=O)C1. The van der Waals surface area contributed by atoms with Gasteiger partial charge in [0, 0.05) is 12.1 Å². The summed E-state index contributed by atoms with van der Waals surface area (Å²) in [5, 5.41) is 9.60. The van der Waals surface area contributed by atoms with Gasteiger partial charge in [-0.3, -0.25) is 0 Å². The van der Waals surface area contributed by atoms with Gasteiger partial charge in [0.2, 0.25) is 11.7 Å². The van der Waals surface area contributed by atoms with Gasteiger partial charge < -0.3 is 15.2 Å².